The van der Waals surface area contributed by atoms with Crippen molar-refractivity contribution in [2.24, 2.45) is 0 Å². The molecule has 0 rings (SSSR count). The van der Waals surface area contributed by atoms with Crippen LogP contribution in [0.1, 0.15) is 6.92 Å². The van der Waals surface area contributed by atoms with Crippen molar-refractivity contribution in [2.75, 3.05) is 0 Å². The van der Waals surface area contributed by atoms with Crippen LogP contribution in [-0.2, 0) is 0 Å². The molecule has 9 heavy (non-hydrogen) atoms. The van der Waals surface area contributed by atoms with E-state index in [4.69, 9.17) is 0 Å². The molecule has 0 aliphatic heterocycles. The van der Waals surface area contributed by atoms with Crippen molar-refractivity contribution in [1.29, 1.82) is 0 Å². The highest BCUT2D eigenvalue weighted by atomic mass is 19.1. The van der Waals surface area contributed by atoms with Gasteiger partial charge in [0, 0.05) is 0 Å². The fourth-order valence-corrected chi connectivity index (χ4v) is 0.258. The molecule has 50 valence electrons. The molecule has 0 nitrogen and oxygen atoms in total. The molecule has 0 aromatic carbocycles. The Morgan fingerprint density at radius 2 is 2.00 bits per heavy atom. The van der Waals surface area contributed by atoms with E-state index in [0.717, 1.165) is 6.08 Å². The maximum atomic E-state index is 11.8. The summed E-state index contributed by atoms with van der Waals surface area (Å²) in [5, 5.41) is 0. The second-order valence-electron chi connectivity index (χ2n) is 1.63. The molecule has 0 aliphatic carbocycles. The first-order chi connectivity index (χ1) is 4.16. The van der Waals surface area contributed by atoms with Crippen LogP contribution in [0.25, 0.3) is 0 Å². The van der Waals surface area contributed by atoms with Crippen LogP contribution < -0.4 is 0 Å². The van der Waals surface area contributed by atoms with Gasteiger partial charge in [0.05, 0.1) is 6.33 Å². The Bertz CT molecular complexity index is 154. The maximum Gasteiger partial charge on any atom is 0.116 e. The lowest BCUT2D eigenvalue weighted by Gasteiger charge is -1.82. The largest absolute Gasteiger partial charge is 0.215 e. The fourth-order valence-electron chi connectivity index (χ4n) is 0.258. The first-order valence-corrected chi connectivity index (χ1v) is 2.46. The number of rotatable bonds is 2. The molecule has 0 atom stereocenters. The Kier molecular flexibility index (Phi) is 3.60. The van der Waals surface area contributed by atoms with Gasteiger partial charge in [-0.2, -0.15) is 0 Å². The van der Waals surface area contributed by atoms with Crippen LogP contribution in [0.4, 0.5) is 8.78 Å². The molecule has 0 heterocycles. The molecule has 0 aromatic rings. The van der Waals surface area contributed by atoms with Gasteiger partial charge in [-0.05, 0) is 18.6 Å². The van der Waals surface area contributed by atoms with Gasteiger partial charge in [0.2, 0.25) is 0 Å². The molecule has 0 bridgehead atoms. The zero-order valence-electron chi connectivity index (χ0n) is 5.20. The summed E-state index contributed by atoms with van der Waals surface area (Å²) in [5.74, 6) is -0.573. The molecule has 0 spiro atoms. The van der Waals surface area contributed by atoms with E-state index in [1.165, 1.54) is 13.0 Å². The molecule has 0 unspecified atom stereocenters. The van der Waals surface area contributed by atoms with Gasteiger partial charge < -0.3 is 0 Å². The average molecular weight is 130 g/mol. The molecule has 0 aliphatic rings. The fraction of sp³-hybridized carbons (Fsp3) is 0.143. The quantitative estimate of drug-likeness (QED) is 0.504. The third-order valence-electron chi connectivity index (χ3n) is 0.699. The summed E-state index contributed by atoms with van der Waals surface area (Å²) in [6.45, 7) is 4.49. The molecule has 2 heteroatoms. The Labute approximate surface area is 53.2 Å². The van der Waals surface area contributed by atoms with Gasteiger partial charge in [0.1, 0.15) is 5.83 Å². The number of halogens is 2. The maximum absolute atomic E-state index is 11.8. The van der Waals surface area contributed by atoms with Crippen LogP contribution in [0.3, 0.4) is 0 Å². The van der Waals surface area contributed by atoms with E-state index in [9.17, 15) is 8.78 Å². The molecule has 0 saturated carbocycles. The van der Waals surface area contributed by atoms with Gasteiger partial charge in [-0.1, -0.05) is 12.7 Å². The van der Waals surface area contributed by atoms with Gasteiger partial charge in [-0.3, -0.25) is 0 Å². The Balaban J connectivity index is 3.86. The predicted molar refractivity (Wildman–Crippen MR) is 34.3 cm³/mol. The molecule has 0 fully saturated rings. The van der Waals surface area contributed by atoms with E-state index in [-0.39, 0.29) is 0 Å². The minimum atomic E-state index is -0.573. The van der Waals surface area contributed by atoms with Crippen LogP contribution in [-0.4, -0.2) is 0 Å². The highest BCUT2D eigenvalue weighted by Gasteiger charge is 1.80. The van der Waals surface area contributed by atoms with E-state index in [2.05, 4.69) is 6.58 Å². The van der Waals surface area contributed by atoms with Crippen molar-refractivity contribution in [2.45, 2.75) is 6.92 Å². The zero-order chi connectivity index (χ0) is 7.28. The Morgan fingerprint density at radius 1 is 1.44 bits per heavy atom. The van der Waals surface area contributed by atoms with Crippen molar-refractivity contribution >= 4 is 0 Å². The van der Waals surface area contributed by atoms with Crippen LogP contribution >= 0.6 is 0 Å². The minimum Gasteiger partial charge on any atom is -0.215 e. The van der Waals surface area contributed by atoms with Crippen LogP contribution in [0.2, 0.25) is 0 Å². The van der Waals surface area contributed by atoms with E-state index in [1.807, 2.05) is 0 Å². The molecular formula is C7H8F2. The molecule has 0 amide bonds. The van der Waals surface area contributed by atoms with Crippen LogP contribution in [0.5, 0.6) is 0 Å². The summed E-state index contributed by atoms with van der Waals surface area (Å²) < 4.78 is 23.2. The summed E-state index contributed by atoms with van der Waals surface area (Å²) in [6.07, 6.45) is 2.81. The second-order valence-corrected chi connectivity index (χ2v) is 1.63. The number of hydrogen-bond donors (Lipinski definition) is 0. The van der Waals surface area contributed by atoms with Crippen molar-refractivity contribution < 1.29 is 8.78 Å². The molecule has 0 radical (unpaired) electrons. The van der Waals surface area contributed by atoms with Crippen molar-refractivity contribution in [3.05, 3.63) is 36.5 Å². The average Bonchev–Trinajstić information content (AvgIpc) is 1.83. The summed E-state index contributed by atoms with van der Waals surface area (Å²) in [5.41, 5.74) is 0.369. The number of allylic oxidation sites excluding steroid dienone is 4. The smallest absolute Gasteiger partial charge is 0.116 e. The summed E-state index contributed by atoms with van der Waals surface area (Å²) in [6, 6.07) is 0. The normalized spacial score (nSPS) is 12.6. The zero-order valence-corrected chi connectivity index (χ0v) is 5.20. The molecule has 0 saturated heterocycles. The highest BCUT2D eigenvalue weighted by Crippen LogP contribution is 1.99. The van der Waals surface area contributed by atoms with Crippen molar-refractivity contribution in [3.63, 3.8) is 0 Å². The second kappa shape index (κ2) is 4.01. The topological polar surface area (TPSA) is 0 Å². The molecule has 0 aromatic heterocycles. The Morgan fingerprint density at radius 3 is 2.33 bits per heavy atom. The summed E-state index contributed by atoms with van der Waals surface area (Å²) in [7, 11) is 0. The highest BCUT2D eigenvalue weighted by molar-refractivity contribution is 5.19. The Hall–Kier alpha value is -0.920. The van der Waals surface area contributed by atoms with E-state index < -0.39 is 5.83 Å². The van der Waals surface area contributed by atoms with Gasteiger partial charge in [0.25, 0.3) is 0 Å². The first-order valence-electron chi connectivity index (χ1n) is 2.46. The van der Waals surface area contributed by atoms with Gasteiger partial charge in [-0.15, -0.1) is 0 Å². The van der Waals surface area contributed by atoms with Crippen molar-refractivity contribution in [1.82, 2.24) is 0 Å². The summed E-state index contributed by atoms with van der Waals surface area (Å²) in [4.78, 5) is 0. The van der Waals surface area contributed by atoms with Gasteiger partial charge in [-0.25, -0.2) is 8.78 Å². The third kappa shape index (κ3) is 4.94. The van der Waals surface area contributed by atoms with E-state index >= 15 is 0 Å². The third-order valence-corrected chi connectivity index (χ3v) is 0.699. The predicted octanol–water partition coefficient (Wildman–Crippen LogP) is 2.90. The van der Waals surface area contributed by atoms with E-state index in [0.29, 0.717) is 11.9 Å². The first kappa shape index (κ1) is 8.08. The molecular weight excluding hydrogens is 122 g/mol. The summed E-state index contributed by atoms with van der Waals surface area (Å²) >= 11 is 0. The lowest BCUT2D eigenvalue weighted by Crippen LogP contribution is -1.64. The van der Waals surface area contributed by atoms with Gasteiger partial charge >= 0.3 is 0 Å². The standard InChI is InChI=1S/C7H8F2/c1-6(5-8)3-4-7(2)9/h3-5H,2H2,1H3/b4-3-,6-5+. The van der Waals surface area contributed by atoms with E-state index in [1.54, 1.807) is 0 Å². The van der Waals surface area contributed by atoms with Gasteiger partial charge in [0.15, 0.2) is 0 Å². The lowest BCUT2D eigenvalue weighted by atomic mass is 10.3. The number of hydrogen-bond acceptors (Lipinski definition) is 0. The SMILES string of the molecule is C=C(F)/C=C\C(C)=C\F. The van der Waals surface area contributed by atoms with Crippen LogP contribution in [0, 0.1) is 0 Å². The monoisotopic (exact) mass is 130 g/mol. The van der Waals surface area contributed by atoms with Crippen molar-refractivity contribution in [3.8, 4) is 0 Å². The van der Waals surface area contributed by atoms with Crippen LogP contribution in [0.15, 0.2) is 36.5 Å². The molecule has 0 N–H and O–H groups in total. The minimum absolute atomic E-state index is 0.369. The lowest BCUT2D eigenvalue weighted by molar-refractivity contribution is 0.671.